The molecule has 2 amide bonds. The van der Waals surface area contributed by atoms with Crippen LogP contribution in [0.4, 0.5) is 18.0 Å². The van der Waals surface area contributed by atoms with Crippen LogP contribution in [0.25, 0.3) is 0 Å². The first-order valence-electron chi connectivity index (χ1n) is 3.61. The van der Waals surface area contributed by atoms with Crippen LogP contribution in [-0.2, 0) is 4.74 Å². The number of halogens is 3. The number of carbonyl (C=O) groups excluding carboxylic acids is 1. The van der Waals surface area contributed by atoms with E-state index < -0.39 is 24.9 Å². The molecule has 0 radical (unpaired) electrons. The van der Waals surface area contributed by atoms with Crippen molar-refractivity contribution in [1.29, 1.82) is 0 Å². The van der Waals surface area contributed by atoms with E-state index in [2.05, 4.69) is 4.74 Å². The van der Waals surface area contributed by atoms with Gasteiger partial charge in [0.25, 0.3) is 0 Å². The summed E-state index contributed by atoms with van der Waals surface area (Å²) >= 11 is 0. The number of likely N-dealkylation sites (tertiary alicyclic amines) is 1. The minimum absolute atomic E-state index is 0.144. The number of amides is 2. The Bertz CT molecular complexity index is 201. The summed E-state index contributed by atoms with van der Waals surface area (Å²) in [5.41, 5.74) is 4.85. The lowest BCUT2D eigenvalue weighted by atomic mass is 10.2. The molecule has 1 saturated heterocycles. The van der Waals surface area contributed by atoms with E-state index in [-0.39, 0.29) is 13.1 Å². The standard InChI is InChI=1S/C6H9F3N2O2/c7-6(8,9)3-13-4-1-11(2-4)5(10)12/h4H,1-3H2,(H2,10,12). The second-order valence-corrected chi connectivity index (χ2v) is 2.79. The van der Waals surface area contributed by atoms with E-state index in [0.29, 0.717) is 0 Å². The van der Waals surface area contributed by atoms with Crippen molar-refractivity contribution in [3.05, 3.63) is 0 Å². The van der Waals surface area contributed by atoms with Crippen molar-refractivity contribution in [3.8, 4) is 0 Å². The summed E-state index contributed by atoms with van der Waals surface area (Å²) in [5, 5.41) is 0. The first-order valence-corrected chi connectivity index (χ1v) is 3.61. The molecular formula is C6H9F3N2O2. The molecule has 1 fully saturated rings. The van der Waals surface area contributed by atoms with Crippen molar-refractivity contribution in [2.24, 2.45) is 5.73 Å². The van der Waals surface area contributed by atoms with Crippen LogP contribution in [0.1, 0.15) is 0 Å². The van der Waals surface area contributed by atoms with Crippen molar-refractivity contribution in [3.63, 3.8) is 0 Å². The fourth-order valence-corrected chi connectivity index (χ4v) is 0.936. The van der Waals surface area contributed by atoms with Gasteiger partial charge in [-0.05, 0) is 0 Å². The van der Waals surface area contributed by atoms with Crippen LogP contribution in [0.5, 0.6) is 0 Å². The summed E-state index contributed by atoms with van der Waals surface area (Å²) in [6.07, 6.45) is -4.85. The highest BCUT2D eigenvalue weighted by molar-refractivity contribution is 5.73. The van der Waals surface area contributed by atoms with Gasteiger partial charge in [0.2, 0.25) is 0 Å². The Hall–Kier alpha value is -0.980. The summed E-state index contributed by atoms with van der Waals surface area (Å²) in [7, 11) is 0. The molecule has 1 aliphatic rings. The summed E-state index contributed by atoms with van der Waals surface area (Å²) in [4.78, 5) is 11.6. The number of hydrogen-bond acceptors (Lipinski definition) is 2. The largest absolute Gasteiger partial charge is 0.411 e. The minimum Gasteiger partial charge on any atom is -0.365 e. The van der Waals surface area contributed by atoms with Gasteiger partial charge in [-0.25, -0.2) is 4.79 Å². The normalized spacial score (nSPS) is 18.5. The molecule has 0 atom stereocenters. The predicted molar refractivity (Wildman–Crippen MR) is 37.0 cm³/mol. The monoisotopic (exact) mass is 198 g/mol. The van der Waals surface area contributed by atoms with Crippen molar-refractivity contribution in [2.45, 2.75) is 12.3 Å². The SMILES string of the molecule is NC(=O)N1CC(OCC(F)(F)F)C1. The fraction of sp³-hybridized carbons (Fsp3) is 0.833. The van der Waals surface area contributed by atoms with E-state index >= 15 is 0 Å². The molecule has 4 nitrogen and oxygen atoms in total. The minimum atomic E-state index is -4.31. The van der Waals surface area contributed by atoms with Crippen LogP contribution in [0.2, 0.25) is 0 Å². The number of hydrogen-bond donors (Lipinski definition) is 1. The zero-order valence-electron chi connectivity index (χ0n) is 6.67. The van der Waals surface area contributed by atoms with Crippen molar-refractivity contribution >= 4 is 6.03 Å². The van der Waals surface area contributed by atoms with Gasteiger partial charge in [0.05, 0.1) is 19.2 Å². The highest BCUT2D eigenvalue weighted by Gasteiger charge is 2.35. The van der Waals surface area contributed by atoms with Gasteiger partial charge in [-0.3, -0.25) is 0 Å². The van der Waals surface area contributed by atoms with Crippen molar-refractivity contribution < 1.29 is 22.7 Å². The first-order chi connectivity index (χ1) is 5.88. The third-order valence-electron chi connectivity index (χ3n) is 1.64. The van der Waals surface area contributed by atoms with E-state index in [0.717, 1.165) is 0 Å². The van der Waals surface area contributed by atoms with Crippen LogP contribution >= 0.6 is 0 Å². The Morgan fingerprint density at radius 3 is 2.46 bits per heavy atom. The molecule has 0 unspecified atom stereocenters. The smallest absolute Gasteiger partial charge is 0.365 e. The number of alkyl halides is 3. The van der Waals surface area contributed by atoms with Gasteiger partial charge < -0.3 is 15.4 Å². The molecule has 0 aliphatic carbocycles. The van der Waals surface area contributed by atoms with Crippen LogP contribution in [0, 0.1) is 0 Å². The molecule has 0 aromatic carbocycles. The maximum absolute atomic E-state index is 11.6. The highest BCUT2D eigenvalue weighted by atomic mass is 19.4. The van der Waals surface area contributed by atoms with Crippen LogP contribution in [0.3, 0.4) is 0 Å². The predicted octanol–water partition coefficient (Wildman–Crippen LogP) is 0.328. The van der Waals surface area contributed by atoms with Crippen LogP contribution < -0.4 is 5.73 Å². The summed E-state index contributed by atoms with van der Waals surface area (Å²) in [6.45, 7) is -0.985. The van der Waals surface area contributed by atoms with Gasteiger partial charge in [-0.2, -0.15) is 13.2 Å². The van der Waals surface area contributed by atoms with Crippen molar-refractivity contribution in [2.75, 3.05) is 19.7 Å². The molecule has 13 heavy (non-hydrogen) atoms. The molecule has 2 N–H and O–H groups in total. The van der Waals surface area contributed by atoms with E-state index in [1.54, 1.807) is 0 Å². The molecular weight excluding hydrogens is 189 g/mol. The number of nitrogens with two attached hydrogens (primary N) is 1. The average molecular weight is 198 g/mol. The fourth-order valence-electron chi connectivity index (χ4n) is 0.936. The summed E-state index contributed by atoms with van der Waals surface area (Å²) < 4.78 is 39.3. The maximum Gasteiger partial charge on any atom is 0.411 e. The third-order valence-corrected chi connectivity index (χ3v) is 1.64. The van der Waals surface area contributed by atoms with E-state index in [1.807, 2.05) is 0 Å². The maximum atomic E-state index is 11.6. The van der Waals surface area contributed by atoms with Gasteiger partial charge >= 0.3 is 12.2 Å². The zero-order chi connectivity index (χ0) is 10.1. The van der Waals surface area contributed by atoms with E-state index in [4.69, 9.17) is 5.73 Å². The van der Waals surface area contributed by atoms with E-state index in [1.165, 1.54) is 4.90 Å². The molecule has 0 bridgehead atoms. The topological polar surface area (TPSA) is 55.6 Å². The molecule has 7 heteroatoms. The van der Waals surface area contributed by atoms with Gasteiger partial charge in [-0.1, -0.05) is 0 Å². The van der Waals surface area contributed by atoms with Crippen LogP contribution in [-0.4, -0.2) is 42.9 Å². The Balaban J connectivity index is 2.12. The number of ether oxygens (including phenoxy) is 1. The lowest BCUT2D eigenvalue weighted by Gasteiger charge is -2.37. The van der Waals surface area contributed by atoms with Crippen molar-refractivity contribution in [1.82, 2.24) is 4.90 Å². The van der Waals surface area contributed by atoms with Crippen LogP contribution in [0.15, 0.2) is 0 Å². The lowest BCUT2D eigenvalue weighted by Crippen LogP contribution is -2.57. The van der Waals surface area contributed by atoms with Gasteiger partial charge in [0.15, 0.2) is 0 Å². The molecule has 1 rings (SSSR count). The Morgan fingerprint density at radius 2 is 2.08 bits per heavy atom. The second-order valence-electron chi connectivity index (χ2n) is 2.79. The number of urea groups is 1. The molecule has 1 heterocycles. The molecule has 1 aliphatic heterocycles. The molecule has 0 aromatic heterocycles. The van der Waals surface area contributed by atoms with E-state index in [9.17, 15) is 18.0 Å². The first kappa shape index (κ1) is 10.1. The second kappa shape index (κ2) is 3.41. The Kier molecular flexibility index (Phi) is 2.65. The molecule has 76 valence electrons. The Labute approximate surface area is 72.4 Å². The summed E-state index contributed by atoms with van der Waals surface area (Å²) in [5.74, 6) is 0. The quantitative estimate of drug-likeness (QED) is 0.695. The average Bonchev–Trinajstić information content (AvgIpc) is 1.79. The van der Waals surface area contributed by atoms with Gasteiger partial charge in [0.1, 0.15) is 6.61 Å². The van der Waals surface area contributed by atoms with Gasteiger partial charge in [0, 0.05) is 0 Å². The third kappa shape index (κ3) is 3.10. The number of primary amides is 1. The summed E-state index contributed by atoms with van der Waals surface area (Å²) in [6, 6.07) is -0.633. The highest BCUT2D eigenvalue weighted by Crippen LogP contribution is 2.18. The Morgan fingerprint density at radius 1 is 1.54 bits per heavy atom. The zero-order valence-corrected chi connectivity index (χ0v) is 6.67. The number of carbonyl (C=O) groups is 1. The molecule has 0 saturated carbocycles. The number of rotatable bonds is 2. The molecule has 0 spiro atoms. The van der Waals surface area contributed by atoms with Gasteiger partial charge in [-0.15, -0.1) is 0 Å². The number of nitrogens with zero attached hydrogens (tertiary/aromatic N) is 1. The molecule has 0 aromatic rings. The lowest BCUT2D eigenvalue weighted by molar-refractivity contribution is -0.195.